The van der Waals surface area contributed by atoms with Crippen LogP contribution in [0.15, 0.2) is 0 Å². The van der Waals surface area contributed by atoms with E-state index >= 15 is 0 Å². The number of rotatable bonds is 16. The average molecular weight is 329 g/mol. The summed E-state index contributed by atoms with van der Waals surface area (Å²) in [5.74, 6) is 1.82. The summed E-state index contributed by atoms with van der Waals surface area (Å²) in [6.07, 6.45) is 19.2. The lowest BCUT2D eigenvalue weighted by Gasteiger charge is -2.16. The summed E-state index contributed by atoms with van der Waals surface area (Å²) >= 11 is 1.54. The minimum atomic E-state index is 0.288. The first-order valence-corrected chi connectivity index (χ1v) is 10.8. The summed E-state index contributed by atoms with van der Waals surface area (Å²) in [5, 5.41) is 0.288. The summed E-state index contributed by atoms with van der Waals surface area (Å²) in [7, 11) is 0. The molecule has 0 N–H and O–H groups in total. The van der Waals surface area contributed by atoms with Crippen molar-refractivity contribution in [2.75, 3.05) is 5.75 Å². The molecule has 132 valence electrons. The number of thioether (sulfide) groups is 1. The maximum atomic E-state index is 11.2. The molecule has 0 spiro atoms. The first-order chi connectivity index (χ1) is 10.7. The van der Waals surface area contributed by atoms with Gasteiger partial charge in [0.05, 0.1) is 0 Å². The second-order valence-corrected chi connectivity index (χ2v) is 7.98. The molecule has 0 radical (unpaired) electrons. The van der Waals surface area contributed by atoms with Crippen molar-refractivity contribution in [2.24, 2.45) is 5.92 Å². The van der Waals surface area contributed by atoms with Crippen LogP contribution in [0.4, 0.5) is 0 Å². The summed E-state index contributed by atoms with van der Waals surface area (Å²) in [4.78, 5) is 11.2. The highest BCUT2D eigenvalue weighted by molar-refractivity contribution is 8.13. The van der Waals surface area contributed by atoms with Crippen molar-refractivity contribution in [3.05, 3.63) is 0 Å². The topological polar surface area (TPSA) is 17.1 Å². The van der Waals surface area contributed by atoms with E-state index in [-0.39, 0.29) is 5.12 Å². The minimum Gasteiger partial charge on any atom is -0.288 e. The van der Waals surface area contributed by atoms with Crippen LogP contribution in [0.1, 0.15) is 111 Å². The number of carbonyl (C=O) groups excluding carboxylic acids is 1. The fraction of sp³-hybridized carbons (Fsp3) is 0.950. The SMILES string of the molecule is CCCCCCCCC(CCCCCCCC)CSC(C)=O. The molecular weight excluding hydrogens is 288 g/mol. The lowest BCUT2D eigenvalue weighted by molar-refractivity contribution is -0.109. The zero-order valence-corrected chi connectivity index (χ0v) is 16.3. The third-order valence-corrected chi connectivity index (χ3v) is 5.50. The van der Waals surface area contributed by atoms with Crippen molar-refractivity contribution in [3.63, 3.8) is 0 Å². The van der Waals surface area contributed by atoms with Gasteiger partial charge in [0.15, 0.2) is 5.12 Å². The Kier molecular flexibility index (Phi) is 17.4. The van der Waals surface area contributed by atoms with E-state index < -0.39 is 0 Å². The second-order valence-electron chi connectivity index (χ2n) is 6.78. The summed E-state index contributed by atoms with van der Waals surface area (Å²) in [6.45, 7) is 6.25. The molecule has 0 aromatic carbocycles. The minimum absolute atomic E-state index is 0.288. The molecule has 0 bridgehead atoms. The zero-order valence-electron chi connectivity index (χ0n) is 15.5. The van der Waals surface area contributed by atoms with E-state index in [1.54, 1.807) is 18.7 Å². The van der Waals surface area contributed by atoms with Gasteiger partial charge in [-0.15, -0.1) is 0 Å². The van der Waals surface area contributed by atoms with Gasteiger partial charge in [-0.1, -0.05) is 103 Å². The van der Waals surface area contributed by atoms with Crippen LogP contribution in [0, 0.1) is 5.92 Å². The fourth-order valence-corrected chi connectivity index (χ4v) is 3.78. The molecule has 0 aliphatic rings. The maximum Gasteiger partial charge on any atom is 0.185 e. The summed E-state index contributed by atoms with van der Waals surface area (Å²) in [6, 6.07) is 0. The largest absolute Gasteiger partial charge is 0.288 e. The Balaban J connectivity index is 3.72. The van der Waals surface area contributed by atoms with Crippen LogP contribution in [0.3, 0.4) is 0 Å². The Bertz CT molecular complexity index is 224. The Morgan fingerprint density at radius 3 is 1.55 bits per heavy atom. The third kappa shape index (κ3) is 16.4. The Morgan fingerprint density at radius 1 is 0.727 bits per heavy atom. The number of unbranched alkanes of at least 4 members (excludes halogenated alkanes) is 10. The van der Waals surface area contributed by atoms with E-state index in [1.165, 1.54) is 89.9 Å². The van der Waals surface area contributed by atoms with Gasteiger partial charge in [0.25, 0.3) is 0 Å². The van der Waals surface area contributed by atoms with Crippen LogP contribution in [-0.4, -0.2) is 10.9 Å². The maximum absolute atomic E-state index is 11.2. The van der Waals surface area contributed by atoms with Crippen LogP contribution >= 0.6 is 11.8 Å². The van der Waals surface area contributed by atoms with Crippen LogP contribution in [-0.2, 0) is 4.79 Å². The van der Waals surface area contributed by atoms with E-state index in [1.807, 2.05) is 0 Å². The molecule has 0 saturated carbocycles. The lowest BCUT2D eigenvalue weighted by Crippen LogP contribution is -2.06. The highest BCUT2D eigenvalue weighted by Crippen LogP contribution is 2.23. The van der Waals surface area contributed by atoms with Gasteiger partial charge in [-0.2, -0.15) is 0 Å². The van der Waals surface area contributed by atoms with Gasteiger partial charge in [0.1, 0.15) is 0 Å². The molecule has 0 atom stereocenters. The molecule has 0 aliphatic carbocycles. The predicted molar refractivity (Wildman–Crippen MR) is 103 cm³/mol. The first kappa shape index (κ1) is 22.0. The normalized spacial score (nSPS) is 11.3. The fourth-order valence-electron chi connectivity index (χ4n) is 2.97. The number of hydrogen-bond acceptors (Lipinski definition) is 2. The van der Waals surface area contributed by atoms with Crippen LogP contribution in [0.25, 0.3) is 0 Å². The molecule has 0 amide bonds. The van der Waals surface area contributed by atoms with Crippen molar-refractivity contribution in [2.45, 2.75) is 111 Å². The molecule has 0 aromatic rings. The van der Waals surface area contributed by atoms with Crippen molar-refractivity contribution in [1.82, 2.24) is 0 Å². The molecule has 0 aromatic heterocycles. The molecule has 0 fully saturated rings. The van der Waals surface area contributed by atoms with E-state index in [0.717, 1.165) is 11.7 Å². The van der Waals surface area contributed by atoms with Gasteiger partial charge >= 0.3 is 0 Å². The highest BCUT2D eigenvalue weighted by Gasteiger charge is 2.10. The molecule has 2 heteroatoms. The summed E-state index contributed by atoms with van der Waals surface area (Å²) < 4.78 is 0. The van der Waals surface area contributed by atoms with E-state index in [0.29, 0.717) is 0 Å². The third-order valence-electron chi connectivity index (χ3n) is 4.45. The van der Waals surface area contributed by atoms with Gasteiger partial charge in [0, 0.05) is 12.7 Å². The molecular formula is C20H40OS. The van der Waals surface area contributed by atoms with E-state index in [4.69, 9.17) is 0 Å². The Hall–Kier alpha value is 0.0200. The van der Waals surface area contributed by atoms with Crippen LogP contribution in [0.5, 0.6) is 0 Å². The smallest absolute Gasteiger partial charge is 0.185 e. The molecule has 0 aliphatic heterocycles. The molecule has 0 saturated heterocycles. The number of hydrogen-bond donors (Lipinski definition) is 0. The van der Waals surface area contributed by atoms with E-state index in [2.05, 4.69) is 13.8 Å². The molecule has 0 heterocycles. The van der Waals surface area contributed by atoms with Gasteiger partial charge in [-0.05, 0) is 18.8 Å². The highest BCUT2D eigenvalue weighted by atomic mass is 32.2. The van der Waals surface area contributed by atoms with Crippen molar-refractivity contribution >= 4 is 16.9 Å². The molecule has 22 heavy (non-hydrogen) atoms. The lowest BCUT2D eigenvalue weighted by atomic mass is 9.95. The molecule has 0 unspecified atom stereocenters. The standard InChI is InChI=1S/C20H40OS/c1-4-6-8-10-12-14-16-20(18-22-19(3)21)17-15-13-11-9-7-5-2/h20H,4-18H2,1-3H3. The van der Waals surface area contributed by atoms with Gasteiger partial charge in [0.2, 0.25) is 0 Å². The van der Waals surface area contributed by atoms with E-state index in [9.17, 15) is 4.79 Å². The van der Waals surface area contributed by atoms with Crippen molar-refractivity contribution in [1.29, 1.82) is 0 Å². The predicted octanol–water partition coefficient (Wildman–Crippen LogP) is 7.38. The average Bonchev–Trinajstić information content (AvgIpc) is 2.50. The second kappa shape index (κ2) is 17.4. The number of carbonyl (C=O) groups is 1. The van der Waals surface area contributed by atoms with Crippen molar-refractivity contribution < 1.29 is 4.79 Å². The monoisotopic (exact) mass is 328 g/mol. The van der Waals surface area contributed by atoms with Gasteiger partial charge in [-0.25, -0.2) is 0 Å². The van der Waals surface area contributed by atoms with Gasteiger partial charge in [-0.3, -0.25) is 4.79 Å². The van der Waals surface area contributed by atoms with Crippen LogP contribution in [0.2, 0.25) is 0 Å². The first-order valence-electron chi connectivity index (χ1n) is 9.84. The molecule has 0 rings (SSSR count). The van der Waals surface area contributed by atoms with Gasteiger partial charge < -0.3 is 0 Å². The van der Waals surface area contributed by atoms with Crippen LogP contribution < -0.4 is 0 Å². The summed E-state index contributed by atoms with van der Waals surface area (Å²) in [5.41, 5.74) is 0. The zero-order chi connectivity index (χ0) is 16.5. The quantitative estimate of drug-likeness (QED) is 0.275. The Morgan fingerprint density at radius 2 is 1.14 bits per heavy atom. The Labute approximate surface area is 144 Å². The molecule has 1 nitrogen and oxygen atoms in total. The van der Waals surface area contributed by atoms with Crippen molar-refractivity contribution in [3.8, 4) is 0 Å².